The molecular weight excluding hydrogens is 366 g/mol. The van der Waals surface area contributed by atoms with Gasteiger partial charge in [-0.1, -0.05) is 13.0 Å². The Morgan fingerprint density at radius 3 is 2.72 bits per heavy atom. The summed E-state index contributed by atoms with van der Waals surface area (Å²) in [5.74, 6) is 0.499. The van der Waals surface area contributed by atoms with Crippen LogP contribution in [0.2, 0.25) is 0 Å². The number of nitrogens with zero attached hydrogens (tertiary/aromatic N) is 4. The Morgan fingerprint density at radius 1 is 1.21 bits per heavy atom. The van der Waals surface area contributed by atoms with E-state index in [1.807, 2.05) is 56.7 Å². The molecule has 4 aromatic rings. The van der Waals surface area contributed by atoms with Crippen LogP contribution in [0.5, 0.6) is 5.75 Å². The van der Waals surface area contributed by atoms with Crippen molar-refractivity contribution in [3.63, 3.8) is 0 Å². The van der Waals surface area contributed by atoms with Gasteiger partial charge in [-0.15, -0.1) is 0 Å². The fourth-order valence-corrected chi connectivity index (χ4v) is 3.22. The van der Waals surface area contributed by atoms with E-state index in [-0.39, 0.29) is 5.91 Å². The number of ether oxygens (including phenoxy) is 1. The van der Waals surface area contributed by atoms with Crippen molar-refractivity contribution in [2.24, 2.45) is 7.05 Å². The van der Waals surface area contributed by atoms with Gasteiger partial charge < -0.3 is 10.1 Å². The Bertz CT molecular complexity index is 1180. The largest absolute Gasteiger partial charge is 0.495 e. The number of fused-ring (bicyclic) bond motifs is 1. The summed E-state index contributed by atoms with van der Waals surface area (Å²) in [5.41, 5.74) is 5.00. The zero-order valence-corrected chi connectivity index (χ0v) is 16.5. The SMILES string of the molecule is CCC(=O)Nc1cc2nc(-c3cnn(C)c3)cc(-c3cccnc3)c2cc1OC. The number of hydrogen-bond acceptors (Lipinski definition) is 5. The van der Waals surface area contributed by atoms with Crippen LogP contribution in [0.25, 0.3) is 33.3 Å². The third kappa shape index (κ3) is 3.67. The molecule has 0 aliphatic carbocycles. The highest BCUT2D eigenvalue weighted by Crippen LogP contribution is 2.37. The minimum absolute atomic E-state index is 0.0847. The van der Waals surface area contributed by atoms with Gasteiger partial charge in [0.1, 0.15) is 5.75 Å². The first kappa shape index (κ1) is 18.6. The molecule has 0 spiro atoms. The molecule has 1 N–H and O–H groups in total. The lowest BCUT2D eigenvalue weighted by molar-refractivity contribution is -0.115. The summed E-state index contributed by atoms with van der Waals surface area (Å²) in [6, 6.07) is 9.69. The number of rotatable bonds is 5. The average molecular weight is 387 g/mol. The van der Waals surface area contributed by atoms with Crippen molar-refractivity contribution < 1.29 is 9.53 Å². The summed E-state index contributed by atoms with van der Waals surface area (Å²) in [6.07, 6.45) is 7.65. The van der Waals surface area contributed by atoms with Crippen molar-refractivity contribution in [2.45, 2.75) is 13.3 Å². The molecule has 0 radical (unpaired) electrons. The van der Waals surface area contributed by atoms with Crippen LogP contribution in [-0.2, 0) is 11.8 Å². The second kappa shape index (κ2) is 7.71. The number of carbonyl (C=O) groups excluding carboxylic acids is 1. The van der Waals surface area contributed by atoms with Crippen LogP contribution < -0.4 is 10.1 Å². The predicted octanol–water partition coefficient (Wildman–Crippen LogP) is 4.05. The molecule has 146 valence electrons. The summed E-state index contributed by atoms with van der Waals surface area (Å²) in [5, 5.41) is 8.07. The zero-order chi connectivity index (χ0) is 20.4. The number of carbonyl (C=O) groups is 1. The van der Waals surface area contributed by atoms with E-state index in [2.05, 4.69) is 15.4 Å². The van der Waals surface area contributed by atoms with Crippen LogP contribution >= 0.6 is 0 Å². The number of pyridine rings is 2. The van der Waals surface area contributed by atoms with Gasteiger partial charge in [-0.05, 0) is 29.8 Å². The van der Waals surface area contributed by atoms with Gasteiger partial charge in [0.15, 0.2) is 0 Å². The van der Waals surface area contributed by atoms with Crippen molar-refractivity contribution in [3.05, 3.63) is 55.1 Å². The Morgan fingerprint density at radius 2 is 2.07 bits per heavy atom. The van der Waals surface area contributed by atoms with E-state index < -0.39 is 0 Å². The van der Waals surface area contributed by atoms with Crippen LogP contribution in [-0.4, -0.2) is 32.8 Å². The normalized spacial score (nSPS) is 10.9. The summed E-state index contributed by atoms with van der Waals surface area (Å²) in [6.45, 7) is 1.81. The first-order chi connectivity index (χ1) is 14.1. The maximum atomic E-state index is 12.0. The standard InChI is InChI=1S/C22H21N5O2/c1-4-22(28)26-20-10-19-17(9-21(20)29-3)16(14-6-5-7-23-11-14)8-18(25-19)15-12-24-27(2)13-15/h5-13H,4H2,1-3H3,(H,26,28). The van der Waals surface area contributed by atoms with Gasteiger partial charge in [0.05, 0.1) is 30.2 Å². The molecule has 0 aliphatic rings. The molecule has 29 heavy (non-hydrogen) atoms. The topological polar surface area (TPSA) is 81.9 Å². The summed E-state index contributed by atoms with van der Waals surface area (Å²) in [7, 11) is 3.46. The Balaban J connectivity index is 1.98. The molecular formula is C22H21N5O2. The van der Waals surface area contributed by atoms with Gasteiger partial charge in [-0.3, -0.25) is 14.5 Å². The molecule has 0 saturated carbocycles. The maximum absolute atomic E-state index is 12.0. The number of anilines is 1. The highest BCUT2D eigenvalue weighted by Gasteiger charge is 2.15. The minimum atomic E-state index is -0.0847. The van der Waals surface area contributed by atoms with Crippen LogP contribution in [0.1, 0.15) is 13.3 Å². The number of amides is 1. The van der Waals surface area contributed by atoms with Crippen LogP contribution in [0.15, 0.2) is 55.1 Å². The van der Waals surface area contributed by atoms with E-state index in [9.17, 15) is 4.79 Å². The third-order valence-electron chi connectivity index (χ3n) is 4.70. The third-order valence-corrected chi connectivity index (χ3v) is 4.70. The van der Waals surface area contributed by atoms with E-state index in [0.29, 0.717) is 17.9 Å². The summed E-state index contributed by atoms with van der Waals surface area (Å²) >= 11 is 0. The molecule has 3 heterocycles. The zero-order valence-electron chi connectivity index (χ0n) is 16.5. The average Bonchev–Trinajstić information content (AvgIpc) is 3.19. The lowest BCUT2D eigenvalue weighted by atomic mass is 9.99. The van der Waals surface area contributed by atoms with Crippen molar-refractivity contribution in [1.29, 1.82) is 0 Å². The molecule has 0 fully saturated rings. The second-order valence-corrected chi connectivity index (χ2v) is 6.67. The van der Waals surface area contributed by atoms with Gasteiger partial charge in [-0.2, -0.15) is 5.10 Å². The number of benzene rings is 1. The van der Waals surface area contributed by atoms with Crippen molar-refractivity contribution in [3.8, 4) is 28.1 Å². The van der Waals surface area contributed by atoms with Crippen LogP contribution in [0, 0.1) is 0 Å². The second-order valence-electron chi connectivity index (χ2n) is 6.67. The number of hydrogen-bond donors (Lipinski definition) is 1. The van der Waals surface area contributed by atoms with E-state index in [1.165, 1.54) is 0 Å². The molecule has 7 heteroatoms. The van der Waals surface area contributed by atoms with E-state index >= 15 is 0 Å². The number of nitrogens with one attached hydrogen (secondary N) is 1. The summed E-state index contributed by atoms with van der Waals surface area (Å²) in [4.78, 5) is 21.1. The van der Waals surface area contributed by atoms with E-state index in [0.717, 1.165) is 33.3 Å². The van der Waals surface area contributed by atoms with Crippen molar-refractivity contribution >= 4 is 22.5 Å². The number of aromatic nitrogens is 4. The Labute approximate surface area is 168 Å². The summed E-state index contributed by atoms with van der Waals surface area (Å²) < 4.78 is 7.28. The van der Waals surface area contributed by atoms with Gasteiger partial charge in [0.2, 0.25) is 5.91 Å². The molecule has 3 aromatic heterocycles. The molecule has 7 nitrogen and oxygen atoms in total. The lowest BCUT2D eigenvalue weighted by Crippen LogP contribution is -2.10. The minimum Gasteiger partial charge on any atom is -0.495 e. The lowest BCUT2D eigenvalue weighted by Gasteiger charge is -2.14. The first-order valence-corrected chi connectivity index (χ1v) is 9.31. The molecule has 4 rings (SSSR count). The van der Waals surface area contributed by atoms with Gasteiger partial charge in [-0.25, -0.2) is 4.98 Å². The highest BCUT2D eigenvalue weighted by molar-refractivity contribution is 6.02. The molecule has 1 amide bonds. The van der Waals surface area contributed by atoms with Crippen LogP contribution in [0.3, 0.4) is 0 Å². The molecule has 0 unspecified atom stereocenters. The molecule has 0 atom stereocenters. The van der Waals surface area contributed by atoms with Gasteiger partial charge in [0.25, 0.3) is 0 Å². The predicted molar refractivity (Wildman–Crippen MR) is 113 cm³/mol. The van der Waals surface area contributed by atoms with Gasteiger partial charge in [0, 0.05) is 48.6 Å². The molecule has 0 aliphatic heterocycles. The maximum Gasteiger partial charge on any atom is 0.224 e. The fraction of sp³-hybridized carbons (Fsp3) is 0.182. The van der Waals surface area contributed by atoms with E-state index in [1.54, 1.807) is 24.2 Å². The molecule has 0 saturated heterocycles. The fourth-order valence-electron chi connectivity index (χ4n) is 3.22. The Kier molecular flexibility index (Phi) is 4.95. The number of aryl methyl sites for hydroxylation is 1. The van der Waals surface area contributed by atoms with Gasteiger partial charge >= 0.3 is 0 Å². The quantitative estimate of drug-likeness (QED) is 0.559. The molecule has 0 bridgehead atoms. The monoisotopic (exact) mass is 387 g/mol. The van der Waals surface area contributed by atoms with Crippen LogP contribution in [0.4, 0.5) is 5.69 Å². The first-order valence-electron chi connectivity index (χ1n) is 9.31. The van der Waals surface area contributed by atoms with Crippen molar-refractivity contribution in [2.75, 3.05) is 12.4 Å². The number of methoxy groups -OCH3 is 1. The molecule has 1 aromatic carbocycles. The highest BCUT2D eigenvalue weighted by atomic mass is 16.5. The Hall–Kier alpha value is -3.74. The van der Waals surface area contributed by atoms with E-state index in [4.69, 9.17) is 9.72 Å². The smallest absolute Gasteiger partial charge is 0.224 e. The van der Waals surface area contributed by atoms with Crippen molar-refractivity contribution in [1.82, 2.24) is 19.7 Å².